The first-order chi connectivity index (χ1) is 66.0. The average molecular weight is 1800 g/mol. The fourth-order valence-electron chi connectivity index (χ4n) is 17.3. The van der Waals surface area contributed by atoms with E-state index in [9.17, 15) is 22.0 Å². The minimum absolute atomic E-state index is 0.159. The minimum Gasteiger partial charge on any atom is -0.206 e. The molecule has 0 atom stereocenters. The van der Waals surface area contributed by atoms with Crippen molar-refractivity contribution in [1.29, 1.82) is 0 Å². The minimum atomic E-state index is -0.173. The number of hydrogen-bond acceptors (Lipinski definition) is 0. The predicted octanol–water partition coefficient (Wildman–Crippen LogP) is 39.4. The average Bonchev–Trinajstić information content (AvgIpc) is 0.830. The number of hydrogen-bond donors (Lipinski definition) is 0. The highest BCUT2D eigenvalue weighted by Crippen LogP contribution is 2.37. The van der Waals surface area contributed by atoms with Crippen molar-refractivity contribution in [3.8, 4) is 111 Å². The molecule has 0 aliphatic rings. The Balaban J connectivity index is 0.000000162. The zero-order chi connectivity index (χ0) is 95.3. The number of benzene rings is 15. The maximum Gasteiger partial charge on any atom is 0.131 e. The maximum atomic E-state index is 14.9. The van der Waals surface area contributed by atoms with Crippen LogP contribution in [0.1, 0.15) is 253 Å². The normalized spacial score (nSPS) is 10.9. The fourth-order valence-corrected chi connectivity index (χ4v) is 17.3. The predicted molar refractivity (Wildman–Crippen MR) is 572 cm³/mol. The number of aryl methyl sites for hydroxylation is 10. The van der Waals surface area contributed by atoms with Crippen LogP contribution in [0.2, 0.25) is 0 Å². The van der Waals surface area contributed by atoms with Crippen molar-refractivity contribution >= 4 is 0 Å². The summed E-state index contributed by atoms with van der Waals surface area (Å²) in [7, 11) is 0. The van der Waals surface area contributed by atoms with Crippen molar-refractivity contribution in [2.24, 2.45) is 0 Å². The zero-order valence-electron chi connectivity index (χ0n) is 82.4. The van der Waals surface area contributed by atoms with Gasteiger partial charge in [-0.3, -0.25) is 0 Å². The SMILES string of the molecule is CCCCCc1ccc(-c2ccc(-c3ccc(C)cc3)c(F)c2)cc1.CCCCCc1ccc(-c2ccc(-c3ccc(CC)cc3)c(F)c2)cc1.CCCCCc1ccc(-c2ccc(-c3ccc(CCC)cc3)c(F)c2)cc1.CCCCCc1ccc(-c2ccc(-c3ccc(CCCC)cc3)c(F)c2)cc1.CCCCCc1ccc(-c2ccc(-c3ccc(CCCCC)cc3)c(F)c2)cc1. The number of halogens is 5. The summed E-state index contributed by atoms with van der Waals surface area (Å²) >= 11 is 0. The molecule has 0 saturated heterocycles. The molecule has 0 bridgehead atoms. The van der Waals surface area contributed by atoms with Crippen LogP contribution in [-0.4, -0.2) is 0 Å². The second kappa shape index (κ2) is 56.3. The molecule has 0 N–H and O–H groups in total. The summed E-state index contributed by atoms with van der Waals surface area (Å²) in [6.07, 6.45) is 35.8. The van der Waals surface area contributed by atoms with Crippen LogP contribution >= 0.6 is 0 Å². The Morgan fingerprint density at radius 2 is 0.296 bits per heavy atom. The van der Waals surface area contributed by atoms with E-state index < -0.39 is 0 Å². The van der Waals surface area contributed by atoms with E-state index in [-0.39, 0.29) is 29.1 Å². The molecule has 700 valence electrons. The van der Waals surface area contributed by atoms with E-state index >= 15 is 0 Å². The van der Waals surface area contributed by atoms with Crippen LogP contribution in [0.25, 0.3) is 111 Å². The Hall–Kier alpha value is -12.1. The van der Waals surface area contributed by atoms with E-state index in [2.05, 4.69) is 232 Å². The zero-order valence-corrected chi connectivity index (χ0v) is 82.4. The second-order valence-electron chi connectivity index (χ2n) is 36.6. The lowest BCUT2D eigenvalue weighted by Crippen LogP contribution is -1.90. The highest BCUT2D eigenvalue weighted by atomic mass is 19.1. The van der Waals surface area contributed by atoms with E-state index in [4.69, 9.17) is 0 Å². The van der Waals surface area contributed by atoms with Gasteiger partial charge >= 0.3 is 0 Å². The van der Waals surface area contributed by atoms with E-state index in [1.807, 2.05) is 140 Å². The van der Waals surface area contributed by atoms with Gasteiger partial charge in [0.05, 0.1) is 0 Å². The third kappa shape index (κ3) is 32.6. The molecule has 5 heteroatoms. The topological polar surface area (TPSA) is 0 Å². The van der Waals surface area contributed by atoms with Crippen molar-refractivity contribution < 1.29 is 22.0 Å². The molecular weight excluding hydrogens is 1660 g/mol. The van der Waals surface area contributed by atoms with Crippen molar-refractivity contribution in [2.45, 2.75) is 262 Å². The van der Waals surface area contributed by atoms with Gasteiger partial charge in [-0.05, 0) is 274 Å². The summed E-state index contributed by atoms with van der Waals surface area (Å²) in [6, 6.07) is 112. The molecule has 0 aromatic heterocycles. The Morgan fingerprint density at radius 1 is 0.141 bits per heavy atom. The van der Waals surface area contributed by atoms with E-state index in [1.165, 1.54) is 184 Å². The maximum absolute atomic E-state index is 14.9. The van der Waals surface area contributed by atoms with E-state index in [0.29, 0.717) is 27.8 Å². The highest BCUT2D eigenvalue weighted by molar-refractivity contribution is 5.77. The molecule has 0 heterocycles. The van der Waals surface area contributed by atoms with Gasteiger partial charge in [-0.2, -0.15) is 0 Å². The van der Waals surface area contributed by atoms with Crippen LogP contribution in [0.3, 0.4) is 0 Å². The first-order valence-corrected chi connectivity index (χ1v) is 50.9. The summed E-state index contributed by atoms with van der Waals surface area (Å²) in [4.78, 5) is 0. The van der Waals surface area contributed by atoms with Gasteiger partial charge in [0.2, 0.25) is 0 Å². The lowest BCUT2D eigenvalue weighted by atomic mass is 9.97. The van der Waals surface area contributed by atoms with E-state index in [1.54, 1.807) is 30.3 Å². The summed E-state index contributed by atoms with van der Waals surface area (Å²) in [5.41, 5.74) is 31.2. The van der Waals surface area contributed by atoms with Crippen LogP contribution in [0, 0.1) is 36.0 Å². The van der Waals surface area contributed by atoms with Gasteiger partial charge in [0.15, 0.2) is 0 Å². The molecular formula is C130H145F5. The molecule has 0 aliphatic heterocycles. The summed E-state index contributed by atoms with van der Waals surface area (Å²) < 4.78 is 73.7. The summed E-state index contributed by atoms with van der Waals surface area (Å²) in [5.74, 6) is -0.825. The summed E-state index contributed by atoms with van der Waals surface area (Å²) in [5, 5.41) is 0. The molecule has 0 spiro atoms. The molecule has 15 aromatic rings. The lowest BCUT2D eigenvalue weighted by Gasteiger charge is -2.09. The third-order valence-corrected chi connectivity index (χ3v) is 25.9. The Kier molecular flexibility index (Phi) is 43.2. The quantitative estimate of drug-likeness (QED) is 0.0265. The van der Waals surface area contributed by atoms with Crippen molar-refractivity contribution in [3.63, 3.8) is 0 Å². The molecule has 15 aromatic carbocycles. The van der Waals surface area contributed by atoms with Crippen LogP contribution in [0.5, 0.6) is 0 Å². The van der Waals surface area contributed by atoms with Gasteiger partial charge in [0.1, 0.15) is 29.1 Å². The molecule has 0 nitrogen and oxygen atoms in total. The molecule has 0 radical (unpaired) electrons. The van der Waals surface area contributed by atoms with Crippen molar-refractivity contribution in [1.82, 2.24) is 0 Å². The Labute approximate surface area is 808 Å². The number of unbranched alkanes of at least 4 members (excludes halogenated alkanes) is 13. The standard InChI is InChI=1S/C28H33F.C27H31F.C26H29F.C25H27F.C24H25F/c1-3-5-7-9-22-11-15-24(16-12-22)26-19-20-27(28(29)21-26)25-17-13-23(14-18-25)10-8-6-4-2;1-3-5-7-9-22-10-14-23(15-11-22)25-18-19-26(27(28)20-25)24-16-12-21(13-17-24)8-6-4-2;1-3-5-6-8-21-9-13-22(14-10-21)24-17-18-25(26(27)19-24)23-15-11-20(7-4-2)12-16-23;1-3-5-6-7-20-10-12-21(13-11-20)23-16-17-24(25(26)18-23)22-14-8-19(4-2)9-15-22;1-3-4-5-6-19-9-13-20(14-10-19)22-15-16-23(24(25)17-22)21-11-7-18(2)8-12-21/h11-21H,3-10H2,1-2H3;10-20H,3-9H2,1-2H3;9-19H,3-8H2,1-2H3;8-18H,3-7H2,1-2H3;7-17H,3-6H2,1-2H3. The summed E-state index contributed by atoms with van der Waals surface area (Å²) in [6.45, 7) is 21.9. The Bertz CT molecular complexity index is 5950. The van der Waals surface area contributed by atoms with Gasteiger partial charge in [0.25, 0.3) is 0 Å². The third-order valence-electron chi connectivity index (χ3n) is 25.9. The molecule has 0 aliphatic carbocycles. The van der Waals surface area contributed by atoms with Crippen LogP contribution < -0.4 is 0 Å². The van der Waals surface area contributed by atoms with Crippen LogP contribution in [0.15, 0.2) is 334 Å². The number of rotatable bonds is 40. The molecule has 0 saturated carbocycles. The van der Waals surface area contributed by atoms with Crippen molar-refractivity contribution in [3.05, 3.63) is 418 Å². The van der Waals surface area contributed by atoms with Gasteiger partial charge in [0, 0.05) is 27.8 Å². The van der Waals surface area contributed by atoms with E-state index in [0.717, 1.165) is 148 Å². The van der Waals surface area contributed by atoms with Gasteiger partial charge in [-0.1, -0.05) is 461 Å². The first-order valence-electron chi connectivity index (χ1n) is 50.9. The van der Waals surface area contributed by atoms with Gasteiger partial charge < -0.3 is 0 Å². The molecule has 15 rings (SSSR count). The van der Waals surface area contributed by atoms with Gasteiger partial charge in [-0.25, -0.2) is 22.0 Å². The largest absolute Gasteiger partial charge is 0.206 e. The smallest absolute Gasteiger partial charge is 0.131 e. The Morgan fingerprint density at radius 3 is 0.467 bits per heavy atom. The first kappa shape index (κ1) is 103. The highest BCUT2D eigenvalue weighted by Gasteiger charge is 2.16. The molecule has 0 unspecified atom stereocenters. The fraction of sp³-hybridized carbons (Fsp3) is 0.308. The van der Waals surface area contributed by atoms with Gasteiger partial charge in [-0.15, -0.1) is 0 Å². The van der Waals surface area contributed by atoms with Crippen LogP contribution in [0.4, 0.5) is 22.0 Å². The second-order valence-corrected chi connectivity index (χ2v) is 36.6. The monoisotopic (exact) mass is 1800 g/mol. The molecule has 0 amide bonds. The lowest BCUT2D eigenvalue weighted by molar-refractivity contribution is 0.631. The van der Waals surface area contributed by atoms with Crippen LogP contribution in [-0.2, 0) is 57.8 Å². The molecule has 0 fully saturated rings. The van der Waals surface area contributed by atoms with Crippen molar-refractivity contribution in [2.75, 3.05) is 0 Å². The molecule has 135 heavy (non-hydrogen) atoms.